The fraction of sp³-hybridized carbons (Fsp3) is 0.474. The molecule has 0 bridgehead atoms. The summed E-state index contributed by atoms with van der Waals surface area (Å²) in [6.07, 6.45) is 3.81. The Morgan fingerprint density at radius 3 is 2.96 bits per heavy atom. The van der Waals surface area contributed by atoms with Gasteiger partial charge in [0.2, 0.25) is 5.89 Å². The van der Waals surface area contributed by atoms with Gasteiger partial charge in [-0.1, -0.05) is 19.0 Å². The van der Waals surface area contributed by atoms with Crippen molar-refractivity contribution < 1.29 is 9.32 Å². The zero-order valence-corrected chi connectivity index (χ0v) is 15.8. The van der Waals surface area contributed by atoms with E-state index in [2.05, 4.69) is 20.3 Å². The molecule has 1 unspecified atom stereocenters. The minimum absolute atomic E-state index is 0.0451. The lowest BCUT2D eigenvalue weighted by molar-refractivity contribution is 0.0689. The summed E-state index contributed by atoms with van der Waals surface area (Å²) < 4.78 is 7.42. The third-order valence-electron chi connectivity index (χ3n) is 5.05. The van der Waals surface area contributed by atoms with Gasteiger partial charge >= 0.3 is 0 Å². The summed E-state index contributed by atoms with van der Waals surface area (Å²) in [6, 6.07) is 5.74. The molecular weight excluding hydrogens is 344 g/mol. The molecular formula is C19H24N6O2. The molecule has 3 aromatic heterocycles. The van der Waals surface area contributed by atoms with Gasteiger partial charge < -0.3 is 14.0 Å². The van der Waals surface area contributed by atoms with Gasteiger partial charge in [0.25, 0.3) is 5.91 Å². The zero-order valence-electron chi connectivity index (χ0n) is 15.8. The molecule has 1 aliphatic rings. The second kappa shape index (κ2) is 7.02. The number of H-pyrrole nitrogens is 1. The van der Waals surface area contributed by atoms with Crippen LogP contribution in [0.25, 0.3) is 11.4 Å². The van der Waals surface area contributed by atoms with E-state index in [0.29, 0.717) is 24.0 Å². The van der Waals surface area contributed by atoms with E-state index in [4.69, 9.17) is 4.52 Å². The van der Waals surface area contributed by atoms with E-state index in [1.165, 1.54) is 0 Å². The monoisotopic (exact) mass is 368 g/mol. The predicted octanol–water partition coefficient (Wildman–Crippen LogP) is 2.94. The summed E-state index contributed by atoms with van der Waals surface area (Å²) in [5, 5.41) is 11.2. The van der Waals surface area contributed by atoms with Gasteiger partial charge in [-0.3, -0.25) is 9.89 Å². The van der Waals surface area contributed by atoms with E-state index < -0.39 is 0 Å². The number of likely N-dealkylation sites (tertiary alicyclic amines) is 1. The van der Waals surface area contributed by atoms with E-state index in [-0.39, 0.29) is 17.7 Å². The van der Waals surface area contributed by atoms with E-state index in [0.717, 1.165) is 30.8 Å². The Morgan fingerprint density at radius 1 is 1.41 bits per heavy atom. The first-order valence-corrected chi connectivity index (χ1v) is 9.33. The van der Waals surface area contributed by atoms with Crippen molar-refractivity contribution in [2.45, 2.75) is 38.5 Å². The molecule has 1 atom stereocenters. The molecule has 0 spiro atoms. The first-order valence-electron chi connectivity index (χ1n) is 9.33. The topological polar surface area (TPSA) is 92.8 Å². The summed E-state index contributed by atoms with van der Waals surface area (Å²) in [6.45, 7) is 5.37. The van der Waals surface area contributed by atoms with Gasteiger partial charge in [0.15, 0.2) is 5.82 Å². The summed E-state index contributed by atoms with van der Waals surface area (Å²) >= 11 is 0. The maximum absolute atomic E-state index is 12.9. The Hall–Kier alpha value is -2.90. The number of aryl methyl sites for hydroxylation is 1. The van der Waals surface area contributed by atoms with Crippen LogP contribution in [0.4, 0.5) is 0 Å². The third-order valence-corrected chi connectivity index (χ3v) is 5.05. The molecule has 0 saturated carbocycles. The average Bonchev–Trinajstić information content (AvgIpc) is 3.41. The lowest BCUT2D eigenvalue weighted by Gasteiger charge is -2.30. The Morgan fingerprint density at radius 2 is 2.26 bits per heavy atom. The van der Waals surface area contributed by atoms with Crippen molar-refractivity contribution in [1.29, 1.82) is 0 Å². The number of hydrogen-bond acceptors (Lipinski definition) is 5. The minimum atomic E-state index is -0.0451. The van der Waals surface area contributed by atoms with Crippen LogP contribution in [-0.2, 0) is 7.05 Å². The first-order chi connectivity index (χ1) is 13.0. The molecule has 3 aromatic rings. The molecule has 0 aromatic carbocycles. The second-order valence-electron chi connectivity index (χ2n) is 7.41. The smallest absolute Gasteiger partial charge is 0.271 e. The van der Waals surface area contributed by atoms with Gasteiger partial charge in [-0.05, 0) is 31.0 Å². The normalized spacial score (nSPS) is 17.6. The third kappa shape index (κ3) is 3.39. The number of carbonyl (C=O) groups is 1. The average molecular weight is 368 g/mol. The zero-order chi connectivity index (χ0) is 19.0. The Kier molecular flexibility index (Phi) is 4.55. The van der Waals surface area contributed by atoms with Crippen molar-refractivity contribution in [2.75, 3.05) is 13.1 Å². The van der Waals surface area contributed by atoms with Gasteiger partial charge in [0.05, 0.1) is 11.6 Å². The van der Waals surface area contributed by atoms with E-state index in [1.54, 1.807) is 0 Å². The highest BCUT2D eigenvalue weighted by Crippen LogP contribution is 2.28. The Balaban J connectivity index is 1.49. The molecule has 4 heterocycles. The number of amides is 1. The highest BCUT2D eigenvalue weighted by Gasteiger charge is 2.30. The molecule has 1 aliphatic heterocycles. The van der Waals surface area contributed by atoms with Crippen LogP contribution in [0.1, 0.15) is 60.7 Å². The second-order valence-corrected chi connectivity index (χ2v) is 7.41. The molecule has 27 heavy (non-hydrogen) atoms. The Labute approximate surface area is 157 Å². The molecule has 1 amide bonds. The van der Waals surface area contributed by atoms with Crippen molar-refractivity contribution in [2.24, 2.45) is 7.05 Å². The SMILES string of the molecule is CC(C)c1noc(C2CCCN(C(=O)c3cc(-c4cccn4C)n[nH]3)C2)n1. The minimum Gasteiger partial charge on any atom is -0.349 e. The van der Waals surface area contributed by atoms with E-state index >= 15 is 0 Å². The van der Waals surface area contributed by atoms with Crippen LogP contribution in [0.5, 0.6) is 0 Å². The largest absolute Gasteiger partial charge is 0.349 e. The van der Waals surface area contributed by atoms with Gasteiger partial charge in [-0.15, -0.1) is 0 Å². The number of carbonyl (C=O) groups excluding carboxylic acids is 1. The van der Waals surface area contributed by atoms with Crippen LogP contribution >= 0.6 is 0 Å². The van der Waals surface area contributed by atoms with Crippen LogP contribution < -0.4 is 0 Å². The van der Waals surface area contributed by atoms with Crippen LogP contribution in [-0.4, -0.2) is 48.8 Å². The van der Waals surface area contributed by atoms with Gasteiger partial charge in [0.1, 0.15) is 11.4 Å². The van der Waals surface area contributed by atoms with Crippen molar-refractivity contribution in [3.8, 4) is 11.4 Å². The summed E-state index contributed by atoms with van der Waals surface area (Å²) in [5.74, 6) is 1.61. The highest BCUT2D eigenvalue weighted by molar-refractivity contribution is 5.93. The quantitative estimate of drug-likeness (QED) is 0.764. The molecule has 142 valence electrons. The van der Waals surface area contributed by atoms with E-state index in [1.807, 2.05) is 54.8 Å². The molecule has 1 saturated heterocycles. The number of aromatic nitrogens is 5. The number of hydrogen-bond donors (Lipinski definition) is 1. The Bertz CT molecular complexity index is 938. The lowest BCUT2D eigenvalue weighted by atomic mass is 9.97. The lowest BCUT2D eigenvalue weighted by Crippen LogP contribution is -2.39. The summed E-state index contributed by atoms with van der Waals surface area (Å²) in [4.78, 5) is 19.3. The predicted molar refractivity (Wildman–Crippen MR) is 99.3 cm³/mol. The van der Waals surface area contributed by atoms with Crippen molar-refractivity contribution in [3.05, 3.63) is 41.8 Å². The molecule has 4 rings (SSSR count). The highest BCUT2D eigenvalue weighted by atomic mass is 16.5. The molecule has 0 radical (unpaired) electrons. The number of nitrogens with zero attached hydrogens (tertiary/aromatic N) is 5. The molecule has 8 nitrogen and oxygen atoms in total. The van der Waals surface area contributed by atoms with Gasteiger partial charge in [-0.25, -0.2) is 0 Å². The standard InChI is InChI=1S/C19H24N6O2/c1-12(2)17-20-18(27-23-17)13-6-4-9-25(11-13)19(26)15-10-14(21-22-15)16-7-5-8-24(16)3/h5,7-8,10,12-13H,4,6,9,11H2,1-3H3,(H,21,22). The maximum Gasteiger partial charge on any atom is 0.271 e. The van der Waals surface area contributed by atoms with Crippen LogP contribution in [0.2, 0.25) is 0 Å². The van der Waals surface area contributed by atoms with Gasteiger partial charge in [0, 0.05) is 32.3 Å². The summed E-state index contributed by atoms with van der Waals surface area (Å²) in [7, 11) is 1.95. The van der Waals surface area contributed by atoms with Crippen LogP contribution in [0.3, 0.4) is 0 Å². The molecule has 8 heteroatoms. The van der Waals surface area contributed by atoms with Crippen molar-refractivity contribution >= 4 is 5.91 Å². The van der Waals surface area contributed by atoms with Crippen LogP contribution in [0, 0.1) is 0 Å². The molecule has 0 aliphatic carbocycles. The fourth-order valence-electron chi connectivity index (χ4n) is 3.47. The molecule has 1 N–H and O–H groups in total. The molecule has 1 fully saturated rings. The summed E-state index contributed by atoms with van der Waals surface area (Å²) in [5.41, 5.74) is 2.23. The number of aromatic amines is 1. The number of nitrogens with one attached hydrogen (secondary N) is 1. The van der Waals surface area contributed by atoms with E-state index in [9.17, 15) is 4.79 Å². The maximum atomic E-state index is 12.9. The van der Waals surface area contributed by atoms with Crippen LogP contribution in [0.15, 0.2) is 28.9 Å². The van der Waals surface area contributed by atoms with Gasteiger partial charge in [-0.2, -0.15) is 10.1 Å². The van der Waals surface area contributed by atoms with Crippen molar-refractivity contribution in [1.82, 2.24) is 29.8 Å². The fourth-order valence-corrected chi connectivity index (χ4v) is 3.47. The number of piperidine rings is 1. The van der Waals surface area contributed by atoms with Crippen molar-refractivity contribution in [3.63, 3.8) is 0 Å². The first kappa shape index (κ1) is 17.5. The number of rotatable bonds is 4.